The quantitative estimate of drug-likeness (QED) is 0.371. The molecule has 0 spiro atoms. The van der Waals surface area contributed by atoms with Gasteiger partial charge < -0.3 is 9.84 Å². The fourth-order valence-electron chi connectivity index (χ4n) is 2.89. The van der Waals surface area contributed by atoms with Crippen LogP contribution in [0.3, 0.4) is 0 Å². The maximum Gasteiger partial charge on any atom is 0.293 e. The van der Waals surface area contributed by atoms with E-state index in [1.54, 1.807) is 30.5 Å². The molecule has 0 saturated carbocycles. The van der Waals surface area contributed by atoms with Crippen molar-refractivity contribution in [2.75, 3.05) is 11.9 Å². The van der Waals surface area contributed by atoms with Gasteiger partial charge in [-0.2, -0.15) is 4.98 Å². The Balaban J connectivity index is 1.53. The van der Waals surface area contributed by atoms with Gasteiger partial charge >= 0.3 is 0 Å². The Morgan fingerprint density at radius 1 is 1.03 bits per heavy atom. The molecule has 0 aliphatic heterocycles. The Bertz CT molecular complexity index is 1110. The molecule has 0 bridgehead atoms. The fourth-order valence-corrected chi connectivity index (χ4v) is 2.89. The molecule has 2 aromatic heterocycles. The summed E-state index contributed by atoms with van der Waals surface area (Å²) in [5.74, 6) is 0.526. The number of hydrogen-bond acceptors (Lipinski definition) is 7. The van der Waals surface area contributed by atoms with Crippen LogP contribution in [-0.4, -0.2) is 26.6 Å². The van der Waals surface area contributed by atoms with Crippen LogP contribution in [0.25, 0.3) is 23.0 Å². The van der Waals surface area contributed by atoms with E-state index in [1.165, 1.54) is 6.07 Å². The number of hydrogen-bond donors (Lipinski definition) is 1. The van der Waals surface area contributed by atoms with Gasteiger partial charge in [-0.25, -0.2) is 0 Å². The number of nitro groups is 1. The van der Waals surface area contributed by atoms with Gasteiger partial charge in [-0.1, -0.05) is 41.6 Å². The molecule has 29 heavy (non-hydrogen) atoms. The molecule has 1 N–H and O–H groups in total. The number of nitro benzene ring substituents is 1. The summed E-state index contributed by atoms with van der Waals surface area (Å²) in [7, 11) is 0. The Labute approximate surface area is 166 Å². The summed E-state index contributed by atoms with van der Waals surface area (Å²) in [6, 6.07) is 20.1. The van der Waals surface area contributed by atoms with Crippen LogP contribution in [0.4, 0.5) is 11.4 Å². The SMILES string of the molecule is O=[N+]([O-])c1cc(-c2nc(-c3ccccn3)no2)ccc1NCCc1ccccc1. The van der Waals surface area contributed by atoms with Gasteiger partial charge in [0, 0.05) is 24.4 Å². The van der Waals surface area contributed by atoms with Crippen molar-refractivity contribution in [3.8, 4) is 23.0 Å². The first-order valence-electron chi connectivity index (χ1n) is 9.02. The van der Waals surface area contributed by atoms with Crippen LogP contribution in [0.5, 0.6) is 0 Å². The van der Waals surface area contributed by atoms with Crippen LogP contribution in [-0.2, 0) is 6.42 Å². The maximum atomic E-state index is 11.6. The van der Waals surface area contributed by atoms with E-state index >= 15 is 0 Å². The van der Waals surface area contributed by atoms with Crippen molar-refractivity contribution < 1.29 is 9.45 Å². The molecule has 144 valence electrons. The lowest BCUT2D eigenvalue weighted by atomic mass is 10.1. The lowest BCUT2D eigenvalue weighted by molar-refractivity contribution is -0.383. The highest BCUT2D eigenvalue weighted by Gasteiger charge is 2.18. The van der Waals surface area contributed by atoms with Gasteiger partial charge in [-0.05, 0) is 36.2 Å². The van der Waals surface area contributed by atoms with Gasteiger partial charge in [0.25, 0.3) is 11.6 Å². The van der Waals surface area contributed by atoms with E-state index < -0.39 is 4.92 Å². The van der Waals surface area contributed by atoms with Gasteiger partial charge in [-0.15, -0.1) is 0 Å². The lowest BCUT2D eigenvalue weighted by Gasteiger charge is -2.08. The first kappa shape index (κ1) is 18.3. The smallest absolute Gasteiger partial charge is 0.293 e. The first-order valence-corrected chi connectivity index (χ1v) is 9.02. The van der Waals surface area contributed by atoms with E-state index in [9.17, 15) is 10.1 Å². The number of rotatable bonds is 7. The fraction of sp³-hybridized carbons (Fsp3) is 0.0952. The molecule has 0 radical (unpaired) electrons. The number of nitrogens with zero attached hydrogens (tertiary/aromatic N) is 4. The van der Waals surface area contributed by atoms with Gasteiger partial charge in [0.05, 0.1) is 4.92 Å². The zero-order chi connectivity index (χ0) is 20.1. The summed E-state index contributed by atoms with van der Waals surface area (Å²) in [5, 5.41) is 18.6. The number of anilines is 1. The van der Waals surface area contributed by atoms with E-state index in [4.69, 9.17) is 4.52 Å². The Kier molecular flexibility index (Phi) is 5.24. The second-order valence-corrected chi connectivity index (χ2v) is 6.29. The van der Waals surface area contributed by atoms with Gasteiger partial charge in [0.2, 0.25) is 5.82 Å². The highest BCUT2D eigenvalue weighted by molar-refractivity contribution is 5.70. The molecule has 0 unspecified atom stereocenters. The van der Waals surface area contributed by atoms with E-state index in [2.05, 4.69) is 20.4 Å². The van der Waals surface area contributed by atoms with Crippen molar-refractivity contribution in [2.45, 2.75) is 6.42 Å². The van der Waals surface area contributed by atoms with Crippen molar-refractivity contribution in [3.63, 3.8) is 0 Å². The molecule has 4 aromatic rings. The average Bonchev–Trinajstić information content (AvgIpc) is 3.25. The minimum atomic E-state index is -0.426. The molecule has 0 amide bonds. The Morgan fingerprint density at radius 3 is 2.62 bits per heavy atom. The molecule has 0 atom stereocenters. The van der Waals surface area contributed by atoms with Crippen molar-refractivity contribution in [3.05, 3.63) is 88.6 Å². The number of pyridine rings is 1. The monoisotopic (exact) mass is 387 g/mol. The van der Waals surface area contributed by atoms with Crippen LogP contribution in [0.15, 0.2) is 77.4 Å². The maximum absolute atomic E-state index is 11.6. The number of aromatic nitrogens is 3. The minimum Gasteiger partial charge on any atom is -0.379 e. The zero-order valence-electron chi connectivity index (χ0n) is 15.4. The first-order chi connectivity index (χ1) is 14.2. The molecule has 0 saturated heterocycles. The second-order valence-electron chi connectivity index (χ2n) is 6.29. The van der Waals surface area contributed by atoms with Gasteiger partial charge in [0.1, 0.15) is 11.4 Å². The average molecular weight is 387 g/mol. The van der Waals surface area contributed by atoms with Gasteiger partial charge in [0.15, 0.2) is 0 Å². The molecule has 8 heteroatoms. The number of benzene rings is 2. The summed E-state index contributed by atoms with van der Waals surface area (Å²) in [4.78, 5) is 19.6. The Morgan fingerprint density at radius 2 is 1.86 bits per heavy atom. The Hall–Kier alpha value is -4.07. The summed E-state index contributed by atoms with van der Waals surface area (Å²) >= 11 is 0. The normalized spacial score (nSPS) is 10.6. The molecule has 0 aliphatic carbocycles. The van der Waals surface area contributed by atoms with E-state index in [0.29, 0.717) is 29.3 Å². The third-order valence-electron chi connectivity index (χ3n) is 4.33. The zero-order valence-corrected chi connectivity index (χ0v) is 15.4. The molecule has 2 aromatic carbocycles. The molecular weight excluding hydrogens is 370 g/mol. The predicted octanol–water partition coefficient (Wildman–Crippen LogP) is 4.36. The van der Waals surface area contributed by atoms with E-state index in [0.717, 1.165) is 12.0 Å². The molecule has 4 rings (SSSR count). The van der Waals surface area contributed by atoms with Crippen molar-refractivity contribution in [1.82, 2.24) is 15.1 Å². The van der Waals surface area contributed by atoms with Crippen molar-refractivity contribution in [2.24, 2.45) is 0 Å². The highest BCUT2D eigenvalue weighted by Crippen LogP contribution is 2.30. The van der Waals surface area contributed by atoms with E-state index in [1.807, 2.05) is 36.4 Å². The second kappa shape index (κ2) is 8.30. The number of nitrogens with one attached hydrogen (secondary N) is 1. The molecule has 0 aliphatic rings. The van der Waals surface area contributed by atoms with Crippen LogP contribution < -0.4 is 5.32 Å². The molecule has 0 fully saturated rings. The largest absolute Gasteiger partial charge is 0.379 e. The summed E-state index contributed by atoms with van der Waals surface area (Å²) in [6.45, 7) is 0.578. The van der Waals surface area contributed by atoms with E-state index in [-0.39, 0.29) is 11.6 Å². The topological polar surface area (TPSA) is 107 Å². The van der Waals surface area contributed by atoms with Crippen LogP contribution in [0.2, 0.25) is 0 Å². The van der Waals surface area contributed by atoms with Crippen molar-refractivity contribution in [1.29, 1.82) is 0 Å². The summed E-state index contributed by atoms with van der Waals surface area (Å²) < 4.78 is 5.27. The standard InChI is InChI=1S/C21H17N5O3/c27-26(28)19-14-16(21-24-20(25-29-21)18-8-4-5-12-22-18)9-10-17(19)23-13-11-15-6-2-1-3-7-15/h1-10,12,14,23H,11,13H2. The predicted molar refractivity (Wildman–Crippen MR) is 108 cm³/mol. The molecule has 2 heterocycles. The molecular formula is C21H17N5O3. The van der Waals surface area contributed by atoms with Gasteiger partial charge in [-0.3, -0.25) is 15.1 Å². The highest BCUT2D eigenvalue weighted by atomic mass is 16.6. The third-order valence-corrected chi connectivity index (χ3v) is 4.33. The summed E-state index contributed by atoms with van der Waals surface area (Å²) in [5.41, 5.74) is 2.59. The third kappa shape index (κ3) is 4.27. The summed E-state index contributed by atoms with van der Waals surface area (Å²) in [6.07, 6.45) is 2.39. The van der Waals surface area contributed by atoms with Crippen LogP contribution in [0.1, 0.15) is 5.56 Å². The van der Waals surface area contributed by atoms with Crippen molar-refractivity contribution >= 4 is 11.4 Å². The van der Waals surface area contributed by atoms with Crippen LogP contribution >= 0.6 is 0 Å². The lowest BCUT2D eigenvalue weighted by Crippen LogP contribution is -2.07. The molecule has 8 nitrogen and oxygen atoms in total. The van der Waals surface area contributed by atoms with Crippen LogP contribution in [0, 0.1) is 10.1 Å². The minimum absolute atomic E-state index is 0.0480.